The Morgan fingerprint density at radius 3 is 1.35 bits per heavy atom. The Hall–Kier alpha value is -1.32. The van der Waals surface area contributed by atoms with Crippen molar-refractivity contribution in [2.45, 2.75) is 20.0 Å². The van der Waals surface area contributed by atoms with Crippen LogP contribution < -0.4 is 0 Å². The summed E-state index contributed by atoms with van der Waals surface area (Å²) in [6, 6.07) is 34.4. The van der Waals surface area contributed by atoms with Gasteiger partial charge in [0.2, 0.25) is 0 Å². The summed E-state index contributed by atoms with van der Waals surface area (Å²) >= 11 is 10.0. The number of halogens is 3. The molecule has 0 saturated carbocycles. The number of aliphatic hydroxyl groups is 1. The average molecular weight is 706 g/mol. The first kappa shape index (κ1) is 35.7. The van der Waals surface area contributed by atoms with Crippen molar-refractivity contribution in [1.29, 1.82) is 0 Å². The molecule has 4 aromatic carbocycles. The molecule has 0 radical (unpaired) electrons. The molecule has 194 valence electrons. The molecule has 0 bridgehead atoms. The van der Waals surface area contributed by atoms with Gasteiger partial charge in [-0.1, -0.05) is 121 Å². The summed E-state index contributed by atoms with van der Waals surface area (Å²) in [5.41, 5.74) is 2.55. The molecule has 4 rings (SSSR count). The second-order valence-electron chi connectivity index (χ2n) is 7.11. The van der Waals surface area contributed by atoms with Gasteiger partial charge >= 0.3 is 23.1 Å². The van der Waals surface area contributed by atoms with E-state index in [0.717, 1.165) is 49.6 Å². The number of aldehydes is 1. The Kier molecular flexibility index (Phi) is 21.8. The van der Waals surface area contributed by atoms with Crippen molar-refractivity contribution in [2.75, 3.05) is 13.2 Å². The summed E-state index contributed by atoms with van der Waals surface area (Å²) in [5.74, 6) is 0. The van der Waals surface area contributed by atoms with Gasteiger partial charge in [0, 0.05) is 32.2 Å². The van der Waals surface area contributed by atoms with E-state index in [4.69, 9.17) is 4.74 Å². The monoisotopic (exact) mass is 702 g/mol. The third kappa shape index (κ3) is 17.0. The van der Waals surface area contributed by atoms with Gasteiger partial charge in [-0.15, -0.1) is 0 Å². The molecule has 0 spiro atoms. The fourth-order valence-electron chi connectivity index (χ4n) is 2.64. The molecule has 1 unspecified atom stereocenters. The number of carbonyl (C=O) groups is 1. The summed E-state index contributed by atoms with van der Waals surface area (Å²) in [7, 11) is 0. The van der Waals surface area contributed by atoms with E-state index < -0.39 is 6.10 Å². The van der Waals surface area contributed by atoms with E-state index in [1.165, 1.54) is 0 Å². The minimum atomic E-state index is -0.542. The van der Waals surface area contributed by atoms with Crippen LogP contribution in [0.15, 0.2) is 123 Å². The maximum atomic E-state index is 10.1. The predicted molar refractivity (Wildman–Crippen MR) is 168 cm³/mol. The molecule has 0 aliphatic rings. The summed E-state index contributed by atoms with van der Waals surface area (Å²) in [6.07, 6.45) is 0.291. The van der Waals surface area contributed by atoms with Crippen LogP contribution in [0.5, 0.6) is 0 Å². The summed E-state index contributed by atoms with van der Waals surface area (Å²) in [6.45, 7) is 5.67. The zero-order chi connectivity index (χ0) is 26.6. The number of benzene rings is 4. The van der Waals surface area contributed by atoms with E-state index in [0.29, 0.717) is 0 Å². The average Bonchev–Trinajstić information content (AvgIpc) is 2.93. The molecule has 0 amide bonds. The SMILES string of the molecule is Brc1ccc(Br)cc1.CCOCC.O=Cc1ccccc1.OC(c1ccccc1)c1ccc(Br)cc1.[H-].[H-].[Mg+2]. The first-order valence-electron chi connectivity index (χ1n) is 11.4. The van der Waals surface area contributed by atoms with Crippen LogP contribution in [-0.4, -0.2) is 47.7 Å². The second kappa shape index (κ2) is 22.6. The molecular formula is C30H33Br3MgO3. The molecule has 0 fully saturated rings. The summed E-state index contributed by atoms with van der Waals surface area (Å²) in [5, 5.41) is 10.1. The predicted octanol–water partition coefficient (Wildman–Crippen LogP) is 9.13. The van der Waals surface area contributed by atoms with Gasteiger partial charge in [0.1, 0.15) is 12.4 Å². The fourth-order valence-corrected chi connectivity index (χ4v) is 3.43. The molecule has 1 N–H and O–H groups in total. The van der Waals surface area contributed by atoms with Gasteiger partial charge in [0.05, 0.1) is 0 Å². The molecule has 0 aliphatic heterocycles. The number of hydrogen-bond acceptors (Lipinski definition) is 3. The van der Waals surface area contributed by atoms with Gasteiger partial charge in [0.15, 0.2) is 0 Å². The van der Waals surface area contributed by atoms with Gasteiger partial charge < -0.3 is 12.7 Å². The van der Waals surface area contributed by atoms with Gasteiger partial charge in [0.25, 0.3) is 0 Å². The number of hydrogen-bond donors (Lipinski definition) is 1. The minimum Gasteiger partial charge on any atom is -1.00 e. The third-order valence-electron chi connectivity index (χ3n) is 4.45. The van der Waals surface area contributed by atoms with Crippen molar-refractivity contribution in [3.05, 3.63) is 139 Å². The van der Waals surface area contributed by atoms with E-state index in [2.05, 4.69) is 47.8 Å². The molecule has 0 heterocycles. The van der Waals surface area contributed by atoms with Crippen molar-refractivity contribution in [2.24, 2.45) is 0 Å². The number of carbonyl (C=O) groups excluding carboxylic acids is 1. The topological polar surface area (TPSA) is 46.5 Å². The number of aliphatic hydroxyl groups excluding tert-OH is 1. The van der Waals surface area contributed by atoms with Crippen LogP contribution in [0.3, 0.4) is 0 Å². The quantitative estimate of drug-likeness (QED) is 0.167. The van der Waals surface area contributed by atoms with Gasteiger partial charge in [-0.05, 0) is 61.4 Å². The zero-order valence-corrected chi connectivity index (χ0v) is 27.2. The molecule has 0 aromatic heterocycles. The first-order chi connectivity index (χ1) is 17.4. The Morgan fingerprint density at radius 1 is 0.676 bits per heavy atom. The van der Waals surface area contributed by atoms with Crippen molar-refractivity contribution < 1.29 is 17.5 Å². The van der Waals surface area contributed by atoms with Gasteiger partial charge in [-0.25, -0.2) is 0 Å². The van der Waals surface area contributed by atoms with Crippen LogP contribution in [0.1, 0.15) is 44.3 Å². The van der Waals surface area contributed by atoms with E-state index in [-0.39, 0.29) is 25.9 Å². The molecular weight excluding hydrogens is 672 g/mol. The van der Waals surface area contributed by atoms with Crippen LogP contribution in [0.4, 0.5) is 0 Å². The van der Waals surface area contributed by atoms with Crippen LogP contribution in [0.25, 0.3) is 0 Å². The van der Waals surface area contributed by atoms with E-state index >= 15 is 0 Å². The molecule has 3 nitrogen and oxygen atoms in total. The molecule has 7 heteroatoms. The normalized spacial score (nSPS) is 10.0. The van der Waals surface area contributed by atoms with Gasteiger partial charge in [-0.2, -0.15) is 0 Å². The molecule has 1 atom stereocenters. The third-order valence-corrected chi connectivity index (χ3v) is 6.03. The number of rotatable bonds is 5. The fraction of sp³-hybridized carbons (Fsp3) is 0.167. The van der Waals surface area contributed by atoms with Gasteiger partial charge in [-0.3, -0.25) is 4.79 Å². The van der Waals surface area contributed by atoms with E-state index in [9.17, 15) is 9.90 Å². The van der Waals surface area contributed by atoms with Crippen LogP contribution >= 0.6 is 47.8 Å². The maximum Gasteiger partial charge on any atom is 2.00 e. The van der Waals surface area contributed by atoms with E-state index in [1.54, 1.807) is 12.1 Å². The second-order valence-corrected chi connectivity index (χ2v) is 9.86. The first-order valence-corrected chi connectivity index (χ1v) is 13.8. The molecule has 0 aliphatic carbocycles. The summed E-state index contributed by atoms with van der Waals surface area (Å²) in [4.78, 5) is 10.0. The van der Waals surface area contributed by atoms with Crippen LogP contribution in [-0.2, 0) is 4.74 Å². The van der Waals surface area contributed by atoms with Crippen LogP contribution in [0.2, 0.25) is 0 Å². The van der Waals surface area contributed by atoms with Crippen molar-refractivity contribution >= 4 is 77.1 Å². The van der Waals surface area contributed by atoms with Crippen molar-refractivity contribution in [3.8, 4) is 0 Å². The Labute approximate surface area is 265 Å². The smallest absolute Gasteiger partial charge is 1.00 e. The van der Waals surface area contributed by atoms with E-state index in [1.807, 2.05) is 111 Å². The summed E-state index contributed by atoms with van der Waals surface area (Å²) < 4.78 is 8.08. The number of ether oxygens (including phenoxy) is 1. The Balaban J connectivity index is -0.000000468. The Bertz CT molecular complexity index is 1070. The zero-order valence-electron chi connectivity index (χ0n) is 23.1. The van der Waals surface area contributed by atoms with Crippen LogP contribution in [0, 0.1) is 0 Å². The minimum absolute atomic E-state index is 0. The largest absolute Gasteiger partial charge is 2.00 e. The molecule has 0 saturated heterocycles. The van der Waals surface area contributed by atoms with Crippen molar-refractivity contribution in [1.82, 2.24) is 0 Å². The molecule has 4 aromatic rings. The maximum absolute atomic E-state index is 10.1. The Morgan fingerprint density at radius 2 is 1.03 bits per heavy atom. The standard InChI is InChI=1S/C13H11BrO.C7H6O.C6H4Br2.C4H10O.Mg.2H/c14-12-8-6-11(7-9-12)13(15)10-4-2-1-3-5-10;8-6-7-4-2-1-3-5-7;7-5-1-2-6(8)4-3-5;1-3-5-4-2;;;/h1-9,13,15H;1-6H;1-4H;3-4H2,1-2H3;;;/q;;;;+2;2*-1. The van der Waals surface area contributed by atoms with Crippen molar-refractivity contribution in [3.63, 3.8) is 0 Å². The molecule has 37 heavy (non-hydrogen) atoms.